The molecule has 1 N–H and O–H groups in total. The maximum Gasteiger partial charge on any atom is 0.432 e. The lowest BCUT2D eigenvalue weighted by Crippen LogP contribution is -2.62. The number of aromatic hydroxyl groups is 1. The summed E-state index contributed by atoms with van der Waals surface area (Å²) in [5.41, 5.74) is -3.49. The van der Waals surface area contributed by atoms with Gasteiger partial charge in [-0.2, -0.15) is 22.0 Å². The first-order valence-electron chi connectivity index (χ1n) is 32.8. The van der Waals surface area contributed by atoms with Crippen LogP contribution in [0.15, 0.2) is 91.0 Å². The van der Waals surface area contributed by atoms with Gasteiger partial charge in [-0.15, -0.1) is 0 Å². The van der Waals surface area contributed by atoms with Crippen LogP contribution < -0.4 is 0 Å². The molecule has 1 aromatic heterocycles. The van der Waals surface area contributed by atoms with E-state index < -0.39 is 73.6 Å². The number of ether oxygens (including phenoxy) is 6. The van der Waals surface area contributed by atoms with Crippen molar-refractivity contribution in [1.82, 2.24) is 0 Å². The maximum absolute atomic E-state index is 13.9. The third-order valence-electron chi connectivity index (χ3n) is 20.2. The summed E-state index contributed by atoms with van der Waals surface area (Å²) >= 11 is 4.44. The van der Waals surface area contributed by atoms with Crippen molar-refractivity contribution in [1.29, 1.82) is 0 Å². The van der Waals surface area contributed by atoms with Gasteiger partial charge in [-0.1, -0.05) is 84.0 Å². The Morgan fingerprint density at radius 1 is 0.698 bits per heavy atom. The van der Waals surface area contributed by atoms with Crippen molar-refractivity contribution in [2.45, 2.75) is 233 Å². The molecular weight excluding hydrogens is 1520 g/mol. The number of esters is 5. The van der Waals surface area contributed by atoms with Crippen LogP contribution in [0, 0.1) is 46.6 Å². The zero-order chi connectivity index (χ0) is 71.7. The Kier molecular flexibility index (Phi) is 24.7. The number of phenols is 1. The molecule has 7 aliphatic rings. The lowest BCUT2D eigenvalue weighted by Gasteiger charge is -2.60. The van der Waals surface area contributed by atoms with Gasteiger partial charge in [-0.05, 0) is 243 Å². The van der Waals surface area contributed by atoms with Gasteiger partial charge in [0.2, 0.25) is 0 Å². The van der Waals surface area contributed by atoms with Crippen molar-refractivity contribution in [3.05, 3.63) is 104 Å². The molecule has 9 atom stereocenters. The van der Waals surface area contributed by atoms with Crippen LogP contribution in [0.2, 0.25) is 0 Å². The van der Waals surface area contributed by atoms with Crippen molar-refractivity contribution in [3.8, 4) is 10.6 Å². The topological polar surface area (TPSA) is 218 Å². The molecule has 9 unspecified atom stereocenters. The van der Waals surface area contributed by atoms with Crippen molar-refractivity contribution in [2.24, 2.45) is 39.4 Å². The average molecular weight is 1610 g/mol. The van der Waals surface area contributed by atoms with E-state index in [0.717, 1.165) is 26.4 Å². The zero-order valence-corrected chi connectivity index (χ0v) is 62.9. The summed E-state index contributed by atoms with van der Waals surface area (Å²) in [5, 5.41) is 6.35. The number of rotatable bonds is 17. The molecule has 96 heavy (non-hydrogen) atoms. The van der Waals surface area contributed by atoms with Crippen LogP contribution in [-0.4, -0.2) is 101 Å². The third kappa shape index (κ3) is 17.3. The summed E-state index contributed by atoms with van der Waals surface area (Å²) < 4.78 is 137. The highest BCUT2D eigenvalue weighted by Gasteiger charge is 2.68. The van der Waals surface area contributed by atoms with Crippen LogP contribution in [0.4, 0.5) is 22.0 Å². The van der Waals surface area contributed by atoms with Gasteiger partial charge in [0, 0.05) is 31.2 Å². The van der Waals surface area contributed by atoms with E-state index in [-0.39, 0.29) is 88.6 Å². The van der Waals surface area contributed by atoms with E-state index in [4.69, 9.17) is 23.7 Å². The van der Waals surface area contributed by atoms with Crippen molar-refractivity contribution in [3.63, 3.8) is 0 Å². The van der Waals surface area contributed by atoms with Crippen LogP contribution >= 0.6 is 55.7 Å². The molecule has 0 spiro atoms. The number of carbonyl (C=O) groups excluding carboxylic acids is 5. The molecule has 4 aromatic carbocycles. The predicted molar refractivity (Wildman–Crippen MR) is 373 cm³/mol. The van der Waals surface area contributed by atoms with Crippen molar-refractivity contribution < 1.29 is 92.4 Å². The number of thiophene rings is 1. The summed E-state index contributed by atoms with van der Waals surface area (Å²) in [5.74, 6) is -2.33. The lowest BCUT2D eigenvalue weighted by atomic mass is 9.48. The lowest BCUT2D eigenvalue weighted by molar-refractivity contribution is -0.270. The Balaban J connectivity index is 0.000000178. The number of hydrogen-bond acceptors (Lipinski definition) is 15. The van der Waals surface area contributed by atoms with Crippen LogP contribution in [0.5, 0.6) is 5.75 Å². The standard InChI is InChI=1S/C20H27F5O7S.C18H13S.C13H18O5.C11H22O2.C10H12I2O/c1-4-16(2,3)14(26)32-18-8-11-5-12(9-18)7-17(6-11,10-18)15(27)31-13(19(21,22)23)20(24,25)33(28,29)30;1-2-8-14(9-3-1)19-17-12-6-4-10-15(17)16-11-5-7-13-18(16)19;1-4-13(2,3)12(15)18-9-7-5-6-8(16-7)10(9)17-11(6)14;1-7-10(3,4)9(12)13-11(5,6)8-2;1-3-6(2)7-4-9(12)10(13)5-8(7)11/h11-13H,4-10H2,1-3H3,(H,28,29,30);1-13H;6-10H,4-5H2,1-3H3;7-8H2,1-6H3;4-6,13H,3H2,1-2H3/q;+1;;;/p-1. The van der Waals surface area contributed by atoms with E-state index in [1.54, 1.807) is 20.8 Å². The molecule has 3 aliphatic heterocycles. The highest BCUT2D eigenvalue weighted by atomic mass is 127. The van der Waals surface area contributed by atoms with Crippen LogP contribution in [0.3, 0.4) is 0 Å². The molecule has 4 heterocycles. The molecule has 4 aliphatic carbocycles. The second-order valence-electron chi connectivity index (χ2n) is 28.9. The minimum absolute atomic E-state index is 0.0408. The monoisotopic (exact) mass is 1610 g/mol. The second-order valence-corrected chi connectivity index (χ2v) is 34.6. The Labute approximate surface area is 590 Å². The molecule has 4 saturated carbocycles. The second kappa shape index (κ2) is 30.2. The number of halogens is 7. The summed E-state index contributed by atoms with van der Waals surface area (Å²) in [7, 11) is -6.72. The highest BCUT2D eigenvalue weighted by Crippen LogP contribution is 2.64. The largest absolute Gasteiger partial charge is 0.743 e. The molecule has 15 nitrogen and oxygen atoms in total. The van der Waals surface area contributed by atoms with E-state index in [9.17, 15) is 64.0 Å². The van der Waals surface area contributed by atoms with E-state index in [1.807, 2.05) is 68.4 Å². The number of benzene rings is 4. The summed E-state index contributed by atoms with van der Waals surface area (Å²) in [6, 6.07) is 32.3. The molecular formula is C72H91F5I2O15S2. The third-order valence-corrected chi connectivity index (χ3v) is 25.2. The highest BCUT2D eigenvalue weighted by molar-refractivity contribution is 14.1. The number of hydrogen-bond donors (Lipinski definition) is 1. The number of phenolic OH excluding ortho intramolecular Hbond substituents is 1. The molecule has 5 aromatic rings. The normalized spacial score (nSPS) is 24.7. The Hall–Kier alpha value is -4.77. The van der Waals surface area contributed by atoms with Crippen molar-refractivity contribution >= 4 is 116 Å². The van der Waals surface area contributed by atoms with Crippen LogP contribution in [-0.2, 0) is 62.5 Å². The quantitative estimate of drug-likeness (QED) is 0.0229. The fourth-order valence-electron chi connectivity index (χ4n) is 12.9. The first-order chi connectivity index (χ1) is 44.5. The van der Waals surface area contributed by atoms with Gasteiger partial charge < -0.3 is 38.1 Å². The fourth-order valence-corrected chi connectivity index (χ4v) is 17.2. The maximum atomic E-state index is 13.9. The molecule has 530 valence electrons. The Bertz CT molecular complexity index is 3670. The molecule has 0 amide bonds. The molecule has 6 bridgehead atoms. The van der Waals surface area contributed by atoms with E-state index in [1.165, 1.54) is 30.6 Å². The molecule has 3 saturated heterocycles. The molecule has 12 rings (SSSR count). The predicted octanol–water partition coefficient (Wildman–Crippen LogP) is 18.0. The molecule has 7 fully saturated rings. The summed E-state index contributed by atoms with van der Waals surface area (Å²) in [6.45, 7) is 26.9. The summed E-state index contributed by atoms with van der Waals surface area (Å²) in [4.78, 5) is 62.3. The zero-order valence-electron chi connectivity index (χ0n) is 57.0. The number of alkyl halides is 5. The van der Waals surface area contributed by atoms with Gasteiger partial charge in [0.15, 0.2) is 36.6 Å². The first-order valence-corrected chi connectivity index (χ1v) is 37.6. The van der Waals surface area contributed by atoms with Gasteiger partial charge in [-0.3, -0.25) is 24.0 Å². The van der Waals surface area contributed by atoms with E-state index >= 15 is 0 Å². The van der Waals surface area contributed by atoms with Gasteiger partial charge in [0.25, 0.3) is 6.10 Å². The minimum atomic E-state index is -6.78. The fraction of sp³-hybridized carbons (Fsp3) is 0.597. The SMILES string of the molecule is CCC(C)(C)C(=O)OC12CC3CC(C1)CC(C(=O)OC(C(F)(F)F)C(F)(F)S(=O)(=O)[O-])(C3)C2.CCC(C)(C)C(=O)OC1C2CC3C(=O)OC1C3O2.CCC(C)(C)OC(=O)C(C)(C)CC.CCC(C)c1cc(I)c(O)cc1I.c1ccc(-[s+]2c3ccccc3c3ccccc32)cc1. The smallest absolute Gasteiger partial charge is 0.432 e. The van der Waals surface area contributed by atoms with Crippen LogP contribution in [0.1, 0.15) is 185 Å². The average Bonchev–Trinajstić information content (AvgIpc) is 1.16. The molecule has 0 radical (unpaired) electrons. The van der Waals surface area contributed by atoms with Gasteiger partial charge in [0.1, 0.15) is 23.1 Å². The Morgan fingerprint density at radius 2 is 1.21 bits per heavy atom. The van der Waals surface area contributed by atoms with Gasteiger partial charge >= 0.3 is 41.3 Å². The number of carbonyl (C=O) groups is 5. The van der Waals surface area contributed by atoms with Gasteiger partial charge in [0.05, 0.1) is 37.3 Å². The molecule has 24 heteroatoms. The first kappa shape index (κ1) is 78.6. The van der Waals surface area contributed by atoms with Gasteiger partial charge in [-0.25, -0.2) is 8.42 Å². The summed E-state index contributed by atoms with van der Waals surface area (Å²) in [6.07, 6.45) is -5.78. The number of fused-ring (bicyclic) bond motifs is 4. The van der Waals surface area contributed by atoms with E-state index in [2.05, 4.69) is 149 Å². The van der Waals surface area contributed by atoms with Crippen LogP contribution in [0.25, 0.3) is 25.1 Å². The Morgan fingerprint density at radius 3 is 1.71 bits per heavy atom. The minimum Gasteiger partial charge on any atom is -0.743 e. The van der Waals surface area contributed by atoms with E-state index in [0.29, 0.717) is 50.2 Å². The van der Waals surface area contributed by atoms with Crippen molar-refractivity contribution in [2.75, 3.05) is 0 Å².